The number of nitrogens with one attached hydrogen (secondary N) is 1. The molecule has 2 amide bonds. The molecule has 1 aliphatic heterocycles. The fourth-order valence-corrected chi connectivity index (χ4v) is 2.28. The van der Waals surface area contributed by atoms with Gasteiger partial charge in [-0.2, -0.15) is 0 Å². The zero-order valence-corrected chi connectivity index (χ0v) is 11.7. The minimum atomic E-state index is -0.0699. The van der Waals surface area contributed by atoms with Crippen LogP contribution in [0, 0.1) is 0 Å². The summed E-state index contributed by atoms with van der Waals surface area (Å²) in [7, 11) is 0. The number of anilines is 1. The van der Waals surface area contributed by atoms with Crippen LogP contribution in [0.4, 0.5) is 5.69 Å². The number of rotatable bonds is 4. The third kappa shape index (κ3) is 2.62. The highest BCUT2D eigenvalue weighted by atomic mass is 16.2. The van der Waals surface area contributed by atoms with Gasteiger partial charge in [0, 0.05) is 23.8 Å². The maximum absolute atomic E-state index is 12.0. The Morgan fingerprint density at radius 3 is 2.79 bits per heavy atom. The van der Waals surface area contributed by atoms with Gasteiger partial charge in [0.2, 0.25) is 5.91 Å². The molecule has 1 heterocycles. The summed E-state index contributed by atoms with van der Waals surface area (Å²) in [5.74, 6) is 0.0385. The summed E-state index contributed by atoms with van der Waals surface area (Å²) in [5, 5.41) is 2.94. The molecule has 0 radical (unpaired) electrons. The van der Waals surface area contributed by atoms with E-state index in [1.54, 1.807) is 11.0 Å². The normalized spacial score (nSPS) is 15.3. The first-order valence-electron chi connectivity index (χ1n) is 6.81. The Bertz CT molecular complexity index is 511. The molecule has 1 N–H and O–H groups in total. The Kier molecular flexibility index (Phi) is 3.88. The number of amides is 2. The van der Waals surface area contributed by atoms with Gasteiger partial charge in [0.05, 0.1) is 6.42 Å². The maximum Gasteiger partial charge on any atom is 0.251 e. The van der Waals surface area contributed by atoms with E-state index < -0.39 is 0 Å². The third-order valence-corrected chi connectivity index (χ3v) is 3.58. The smallest absolute Gasteiger partial charge is 0.251 e. The monoisotopic (exact) mass is 260 g/mol. The molecule has 0 aliphatic carbocycles. The Morgan fingerprint density at radius 1 is 1.42 bits per heavy atom. The summed E-state index contributed by atoms with van der Waals surface area (Å²) in [5.41, 5.74) is 2.51. The lowest BCUT2D eigenvalue weighted by Gasteiger charge is -2.15. The van der Waals surface area contributed by atoms with Crippen LogP contribution in [-0.2, 0) is 11.2 Å². The predicted molar refractivity (Wildman–Crippen MR) is 75.4 cm³/mol. The third-order valence-electron chi connectivity index (χ3n) is 3.58. The molecule has 0 saturated heterocycles. The summed E-state index contributed by atoms with van der Waals surface area (Å²) in [6, 6.07) is 5.66. The highest BCUT2D eigenvalue weighted by molar-refractivity contribution is 6.03. The van der Waals surface area contributed by atoms with Crippen LogP contribution in [0.5, 0.6) is 0 Å². The molecule has 0 unspecified atom stereocenters. The fraction of sp³-hybridized carbons (Fsp3) is 0.467. The summed E-state index contributed by atoms with van der Waals surface area (Å²) in [4.78, 5) is 25.6. The van der Waals surface area contributed by atoms with Gasteiger partial charge in [-0.25, -0.2) is 0 Å². The maximum atomic E-state index is 12.0. The first-order valence-corrected chi connectivity index (χ1v) is 6.81. The molecule has 0 aromatic heterocycles. The first kappa shape index (κ1) is 13.6. The number of benzene rings is 1. The lowest BCUT2D eigenvalue weighted by atomic mass is 10.1. The fourth-order valence-electron chi connectivity index (χ4n) is 2.28. The molecule has 2 rings (SSSR count). The van der Waals surface area contributed by atoms with Crippen LogP contribution < -0.4 is 10.2 Å². The van der Waals surface area contributed by atoms with Crippen molar-refractivity contribution in [2.45, 2.75) is 39.7 Å². The molecule has 1 aromatic rings. The molecule has 1 aromatic carbocycles. The van der Waals surface area contributed by atoms with Crippen LogP contribution >= 0.6 is 0 Å². The first-order chi connectivity index (χ1) is 9.06. The lowest BCUT2D eigenvalue weighted by molar-refractivity contribution is -0.117. The second kappa shape index (κ2) is 5.43. The van der Waals surface area contributed by atoms with Crippen molar-refractivity contribution in [3.63, 3.8) is 0 Å². The van der Waals surface area contributed by atoms with Crippen LogP contribution in [0.1, 0.15) is 43.1 Å². The zero-order chi connectivity index (χ0) is 14.0. The van der Waals surface area contributed by atoms with Gasteiger partial charge in [0.15, 0.2) is 0 Å². The number of carbonyl (C=O) groups is 2. The van der Waals surface area contributed by atoms with E-state index in [9.17, 15) is 9.59 Å². The second-order valence-electron chi connectivity index (χ2n) is 4.94. The van der Waals surface area contributed by atoms with Crippen molar-refractivity contribution < 1.29 is 9.59 Å². The van der Waals surface area contributed by atoms with E-state index in [0.29, 0.717) is 18.5 Å². The van der Waals surface area contributed by atoms with Crippen LogP contribution in [0.3, 0.4) is 0 Å². The van der Waals surface area contributed by atoms with E-state index in [1.165, 1.54) is 0 Å². The molecule has 19 heavy (non-hydrogen) atoms. The average molecular weight is 260 g/mol. The molecular formula is C15H20N2O2. The number of fused-ring (bicyclic) bond motifs is 1. The minimum absolute atomic E-state index is 0.0699. The molecule has 1 atom stereocenters. The molecule has 0 bridgehead atoms. The zero-order valence-electron chi connectivity index (χ0n) is 11.7. The van der Waals surface area contributed by atoms with E-state index >= 15 is 0 Å². The largest absolute Gasteiger partial charge is 0.350 e. The Balaban J connectivity index is 2.21. The van der Waals surface area contributed by atoms with E-state index in [-0.39, 0.29) is 17.9 Å². The van der Waals surface area contributed by atoms with Gasteiger partial charge in [-0.1, -0.05) is 6.92 Å². The van der Waals surface area contributed by atoms with Gasteiger partial charge in [0.1, 0.15) is 0 Å². The van der Waals surface area contributed by atoms with Crippen molar-refractivity contribution in [1.82, 2.24) is 5.32 Å². The highest BCUT2D eigenvalue weighted by Gasteiger charge is 2.26. The van der Waals surface area contributed by atoms with Crippen LogP contribution in [0.25, 0.3) is 0 Å². The van der Waals surface area contributed by atoms with Crippen LogP contribution in [0.15, 0.2) is 18.2 Å². The quantitative estimate of drug-likeness (QED) is 0.901. The van der Waals surface area contributed by atoms with Crippen molar-refractivity contribution >= 4 is 17.5 Å². The molecule has 1 aliphatic rings. The Hall–Kier alpha value is -1.84. The topological polar surface area (TPSA) is 49.4 Å². The van der Waals surface area contributed by atoms with Gasteiger partial charge in [-0.15, -0.1) is 0 Å². The van der Waals surface area contributed by atoms with Crippen molar-refractivity contribution in [2.75, 3.05) is 11.4 Å². The van der Waals surface area contributed by atoms with Crippen molar-refractivity contribution in [3.8, 4) is 0 Å². The number of carbonyl (C=O) groups excluding carboxylic acids is 2. The average Bonchev–Trinajstić information content (AvgIpc) is 2.72. The van der Waals surface area contributed by atoms with Gasteiger partial charge in [-0.05, 0) is 44.0 Å². The predicted octanol–water partition coefficient (Wildman–Crippen LogP) is 2.12. The van der Waals surface area contributed by atoms with Gasteiger partial charge in [0.25, 0.3) is 5.91 Å². The van der Waals surface area contributed by atoms with Gasteiger partial charge < -0.3 is 10.2 Å². The number of likely N-dealkylation sites (N-methyl/N-ethyl adjacent to an activating group) is 1. The second-order valence-corrected chi connectivity index (χ2v) is 4.94. The van der Waals surface area contributed by atoms with Gasteiger partial charge in [-0.3, -0.25) is 9.59 Å². The summed E-state index contributed by atoms with van der Waals surface area (Å²) < 4.78 is 0. The van der Waals surface area contributed by atoms with Crippen molar-refractivity contribution in [3.05, 3.63) is 29.3 Å². The van der Waals surface area contributed by atoms with Crippen LogP contribution in [0.2, 0.25) is 0 Å². The summed E-state index contributed by atoms with van der Waals surface area (Å²) >= 11 is 0. The summed E-state index contributed by atoms with van der Waals surface area (Å²) in [6.07, 6.45) is 1.30. The molecule has 4 heteroatoms. The molecule has 0 saturated carbocycles. The highest BCUT2D eigenvalue weighted by Crippen LogP contribution is 2.29. The number of hydrogen-bond donors (Lipinski definition) is 1. The summed E-state index contributed by atoms with van der Waals surface area (Å²) in [6.45, 7) is 6.64. The molecule has 102 valence electrons. The SMILES string of the molecule is CC[C@H](C)NC(=O)c1ccc2c(c1)CC(=O)N2CC. The van der Waals surface area contributed by atoms with E-state index in [0.717, 1.165) is 17.7 Å². The molecule has 0 spiro atoms. The molecule has 0 fully saturated rings. The van der Waals surface area contributed by atoms with Crippen LogP contribution in [-0.4, -0.2) is 24.4 Å². The molecule has 4 nitrogen and oxygen atoms in total. The standard InChI is InChI=1S/C15H20N2O2/c1-4-10(3)16-15(19)11-6-7-13-12(8-11)9-14(18)17(13)5-2/h6-8,10H,4-5,9H2,1-3H3,(H,16,19)/t10-/m0/s1. The van der Waals surface area contributed by atoms with Crippen molar-refractivity contribution in [1.29, 1.82) is 0 Å². The Morgan fingerprint density at radius 2 is 2.16 bits per heavy atom. The Labute approximate surface area is 113 Å². The van der Waals surface area contributed by atoms with Crippen molar-refractivity contribution in [2.24, 2.45) is 0 Å². The van der Waals surface area contributed by atoms with Gasteiger partial charge >= 0.3 is 0 Å². The number of nitrogens with zero attached hydrogens (tertiary/aromatic N) is 1. The minimum Gasteiger partial charge on any atom is -0.350 e. The number of hydrogen-bond acceptors (Lipinski definition) is 2. The van der Waals surface area contributed by atoms with E-state index in [4.69, 9.17) is 0 Å². The molecular weight excluding hydrogens is 240 g/mol. The lowest BCUT2D eigenvalue weighted by Crippen LogP contribution is -2.31. The van der Waals surface area contributed by atoms with E-state index in [2.05, 4.69) is 5.32 Å². The van der Waals surface area contributed by atoms with E-state index in [1.807, 2.05) is 32.9 Å².